The van der Waals surface area contributed by atoms with Crippen LogP contribution in [-0.4, -0.2) is 41.2 Å². The quantitative estimate of drug-likeness (QED) is 0.525. The highest BCUT2D eigenvalue weighted by Crippen LogP contribution is 2.43. The van der Waals surface area contributed by atoms with Crippen molar-refractivity contribution in [2.24, 2.45) is 11.8 Å². The van der Waals surface area contributed by atoms with Crippen LogP contribution in [-0.2, 0) is 9.57 Å². The van der Waals surface area contributed by atoms with Crippen LogP contribution in [0.5, 0.6) is 0 Å². The Bertz CT molecular complexity index is 231. The zero-order valence-corrected chi connectivity index (χ0v) is 8.82. The van der Waals surface area contributed by atoms with Crippen LogP contribution >= 0.6 is 0 Å². The van der Waals surface area contributed by atoms with Gasteiger partial charge in [-0.2, -0.15) is 0 Å². The first-order valence-electron chi connectivity index (χ1n) is 5.42. The predicted molar refractivity (Wildman–Crippen MR) is 52.8 cm³/mol. The lowest BCUT2D eigenvalue weighted by Crippen LogP contribution is -2.41. The molecule has 0 saturated heterocycles. The van der Waals surface area contributed by atoms with Gasteiger partial charge in [0.25, 0.3) is 0 Å². The first-order chi connectivity index (χ1) is 7.08. The first-order valence-corrected chi connectivity index (χ1v) is 5.42. The minimum absolute atomic E-state index is 0.102. The molecule has 0 amide bonds. The van der Waals surface area contributed by atoms with Gasteiger partial charge in [0.05, 0.1) is 31.0 Å². The van der Waals surface area contributed by atoms with Crippen LogP contribution in [0.4, 0.5) is 0 Å². The zero-order chi connectivity index (χ0) is 10.9. The van der Waals surface area contributed by atoms with E-state index in [4.69, 9.17) is 10.6 Å². The molecule has 0 bridgehead atoms. The third kappa shape index (κ3) is 2.49. The van der Waals surface area contributed by atoms with Gasteiger partial charge in [0.15, 0.2) is 0 Å². The molecule has 15 heavy (non-hydrogen) atoms. The van der Waals surface area contributed by atoms with Crippen LogP contribution in [0.15, 0.2) is 0 Å². The van der Waals surface area contributed by atoms with E-state index in [2.05, 4.69) is 4.84 Å². The maximum atomic E-state index is 9.74. The third-order valence-electron chi connectivity index (χ3n) is 3.51. The van der Waals surface area contributed by atoms with Crippen molar-refractivity contribution in [2.45, 2.75) is 36.9 Å². The van der Waals surface area contributed by atoms with Crippen LogP contribution < -0.4 is 5.90 Å². The van der Waals surface area contributed by atoms with Crippen molar-refractivity contribution in [2.75, 3.05) is 19.8 Å². The fraction of sp³-hybridized carbons (Fsp3) is 1.00. The summed E-state index contributed by atoms with van der Waals surface area (Å²) in [6, 6.07) is 0. The van der Waals surface area contributed by atoms with E-state index in [1.807, 2.05) is 0 Å². The molecule has 88 valence electrons. The monoisotopic (exact) mass is 217 g/mol. The Labute approximate surface area is 89.1 Å². The van der Waals surface area contributed by atoms with E-state index in [9.17, 15) is 10.2 Å². The normalized spacial score (nSPS) is 37.4. The van der Waals surface area contributed by atoms with Gasteiger partial charge in [0, 0.05) is 5.92 Å². The minimum atomic E-state index is -0.795. The molecule has 4 N–H and O–H groups in total. The Morgan fingerprint density at radius 2 is 2.00 bits per heavy atom. The fourth-order valence-corrected chi connectivity index (χ4v) is 2.02. The minimum Gasteiger partial charge on any atom is -0.387 e. The van der Waals surface area contributed by atoms with Gasteiger partial charge in [0.1, 0.15) is 0 Å². The summed E-state index contributed by atoms with van der Waals surface area (Å²) in [5, 5.41) is 19.5. The molecule has 2 aliphatic rings. The largest absolute Gasteiger partial charge is 0.387 e. The second-order valence-corrected chi connectivity index (χ2v) is 4.91. The lowest BCUT2D eigenvalue weighted by molar-refractivity contribution is -0.101. The van der Waals surface area contributed by atoms with Crippen molar-refractivity contribution in [3.8, 4) is 0 Å². The molecule has 0 aliphatic heterocycles. The molecule has 0 aromatic rings. The van der Waals surface area contributed by atoms with E-state index in [0.29, 0.717) is 19.6 Å². The van der Waals surface area contributed by atoms with Crippen LogP contribution in [0.25, 0.3) is 0 Å². The Balaban J connectivity index is 1.60. The Kier molecular flexibility index (Phi) is 3.00. The van der Waals surface area contributed by atoms with Crippen molar-refractivity contribution >= 4 is 0 Å². The van der Waals surface area contributed by atoms with E-state index < -0.39 is 11.2 Å². The molecule has 0 heterocycles. The summed E-state index contributed by atoms with van der Waals surface area (Å²) in [7, 11) is 0. The molecule has 2 aliphatic carbocycles. The van der Waals surface area contributed by atoms with E-state index >= 15 is 0 Å². The molecular weight excluding hydrogens is 198 g/mol. The molecular formula is C10H19NO4. The van der Waals surface area contributed by atoms with Gasteiger partial charge in [-0.1, -0.05) is 0 Å². The van der Waals surface area contributed by atoms with E-state index in [-0.39, 0.29) is 12.5 Å². The summed E-state index contributed by atoms with van der Waals surface area (Å²) in [4.78, 5) is 4.42. The molecule has 2 saturated carbocycles. The SMILES string of the molecule is NOCC1(O)CC1COCC1(O)CCC1. The highest BCUT2D eigenvalue weighted by molar-refractivity contribution is 5.03. The Morgan fingerprint density at radius 1 is 1.27 bits per heavy atom. The first kappa shape index (κ1) is 11.3. The van der Waals surface area contributed by atoms with E-state index in [0.717, 1.165) is 19.3 Å². The Morgan fingerprint density at radius 3 is 2.53 bits per heavy atom. The van der Waals surface area contributed by atoms with Crippen molar-refractivity contribution in [1.29, 1.82) is 0 Å². The van der Waals surface area contributed by atoms with E-state index in [1.165, 1.54) is 0 Å². The molecule has 2 rings (SSSR count). The van der Waals surface area contributed by atoms with Crippen LogP contribution in [0.3, 0.4) is 0 Å². The second kappa shape index (κ2) is 3.99. The maximum absolute atomic E-state index is 9.74. The summed E-state index contributed by atoms with van der Waals surface area (Å²) < 4.78 is 5.40. The van der Waals surface area contributed by atoms with Crippen LogP contribution in [0.1, 0.15) is 25.7 Å². The maximum Gasteiger partial charge on any atom is 0.0970 e. The molecule has 5 nitrogen and oxygen atoms in total. The summed E-state index contributed by atoms with van der Waals surface area (Å²) in [5.74, 6) is 5.01. The lowest BCUT2D eigenvalue weighted by atomic mass is 9.81. The summed E-state index contributed by atoms with van der Waals surface area (Å²) in [6.07, 6.45) is 3.40. The number of hydrogen-bond donors (Lipinski definition) is 3. The molecule has 0 spiro atoms. The molecule has 2 atom stereocenters. The van der Waals surface area contributed by atoms with Crippen LogP contribution in [0.2, 0.25) is 0 Å². The number of hydrogen-bond acceptors (Lipinski definition) is 5. The highest BCUT2D eigenvalue weighted by atomic mass is 16.6. The van der Waals surface area contributed by atoms with Gasteiger partial charge in [-0.3, -0.25) is 0 Å². The number of nitrogens with two attached hydrogens (primary N) is 1. The molecule has 2 fully saturated rings. The fourth-order valence-electron chi connectivity index (χ4n) is 2.02. The van der Waals surface area contributed by atoms with Crippen LogP contribution in [0, 0.1) is 5.92 Å². The predicted octanol–water partition coefficient (Wildman–Crippen LogP) is -0.441. The van der Waals surface area contributed by atoms with Gasteiger partial charge in [-0.15, -0.1) is 0 Å². The van der Waals surface area contributed by atoms with Gasteiger partial charge < -0.3 is 19.8 Å². The molecule has 2 unspecified atom stereocenters. The standard InChI is InChI=1S/C10H19NO4/c11-15-7-10(13)4-8(10)5-14-6-9(12)2-1-3-9/h8,12-13H,1-7,11H2. The van der Waals surface area contributed by atoms with Crippen molar-refractivity contribution in [1.82, 2.24) is 0 Å². The van der Waals surface area contributed by atoms with Gasteiger partial charge in [0.2, 0.25) is 0 Å². The van der Waals surface area contributed by atoms with Gasteiger partial charge >= 0.3 is 0 Å². The lowest BCUT2D eigenvalue weighted by Gasteiger charge is -2.36. The number of aliphatic hydroxyl groups is 2. The molecule has 0 radical (unpaired) electrons. The van der Waals surface area contributed by atoms with Gasteiger partial charge in [-0.05, 0) is 25.7 Å². The summed E-state index contributed by atoms with van der Waals surface area (Å²) in [6.45, 7) is 1.01. The number of ether oxygens (including phenoxy) is 1. The second-order valence-electron chi connectivity index (χ2n) is 4.91. The Hall–Kier alpha value is -0.200. The topological polar surface area (TPSA) is 84.9 Å². The van der Waals surface area contributed by atoms with Gasteiger partial charge in [-0.25, -0.2) is 5.90 Å². The zero-order valence-electron chi connectivity index (χ0n) is 8.82. The number of rotatable bonds is 6. The summed E-state index contributed by atoms with van der Waals surface area (Å²) >= 11 is 0. The van der Waals surface area contributed by atoms with Crippen molar-refractivity contribution < 1.29 is 19.8 Å². The highest BCUT2D eigenvalue weighted by Gasteiger charge is 2.53. The molecule has 5 heteroatoms. The molecule has 0 aromatic heterocycles. The molecule has 0 aromatic carbocycles. The average Bonchev–Trinajstić information content (AvgIpc) is 2.75. The van der Waals surface area contributed by atoms with Crippen molar-refractivity contribution in [3.05, 3.63) is 0 Å². The van der Waals surface area contributed by atoms with E-state index in [1.54, 1.807) is 0 Å². The summed E-state index contributed by atoms with van der Waals surface area (Å²) in [5.41, 5.74) is -1.39. The average molecular weight is 217 g/mol. The smallest absolute Gasteiger partial charge is 0.0970 e. The third-order valence-corrected chi connectivity index (χ3v) is 3.51. The van der Waals surface area contributed by atoms with Crippen molar-refractivity contribution in [3.63, 3.8) is 0 Å².